The molecule has 2 aromatic rings. The fourth-order valence-electron chi connectivity index (χ4n) is 4.03. The Hall–Kier alpha value is -1.95. The molecule has 0 unspecified atom stereocenters. The van der Waals surface area contributed by atoms with E-state index in [0.717, 1.165) is 30.6 Å². The third-order valence-corrected chi connectivity index (χ3v) is 5.28. The lowest BCUT2D eigenvalue weighted by molar-refractivity contribution is -0.183. The van der Waals surface area contributed by atoms with E-state index in [1.165, 1.54) is 0 Å². The van der Waals surface area contributed by atoms with Crippen molar-refractivity contribution >= 4 is 17.0 Å². The lowest BCUT2D eigenvalue weighted by atomic mass is 9.59. The molecule has 2 heterocycles. The summed E-state index contributed by atoms with van der Waals surface area (Å²) in [5.74, 6) is 0.0417. The molecule has 6 heteroatoms. The molecular weight excluding hydrogens is 294 g/mol. The average Bonchev–Trinajstić information content (AvgIpc) is 3.16. The maximum Gasteiger partial charge on any atom is 0.338 e. The van der Waals surface area contributed by atoms with E-state index in [2.05, 4.69) is 24.2 Å². The quantitative estimate of drug-likeness (QED) is 0.814. The van der Waals surface area contributed by atoms with Crippen molar-refractivity contribution in [2.24, 2.45) is 11.3 Å². The number of esters is 1. The molecule has 0 spiro atoms. The van der Waals surface area contributed by atoms with Crippen molar-refractivity contribution in [3.05, 3.63) is 23.8 Å². The molecule has 2 aliphatic rings. The van der Waals surface area contributed by atoms with Gasteiger partial charge in [-0.3, -0.25) is 0 Å². The van der Waals surface area contributed by atoms with Crippen LogP contribution in [0.1, 0.15) is 37.6 Å². The highest BCUT2D eigenvalue weighted by Gasteiger charge is 2.61. The highest BCUT2D eigenvalue weighted by molar-refractivity contribution is 5.93. The number of fused-ring (bicyclic) bond motifs is 2. The first-order chi connectivity index (χ1) is 11.0. The second-order valence-electron chi connectivity index (χ2n) is 7.00. The summed E-state index contributed by atoms with van der Waals surface area (Å²) in [5.41, 5.74) is 2.05. The van der Waals surface area contributed by atoms with Gasteiger partial charge in [0.1, 0.15) is 11.6 Å². The fraction of sp³-hybridized carbons (Fsp3) is 0.588. The smallest absolute Gasteiger partial charge is 0.338 e. The van der Waals surface area contributed by atoms with Gasteiger partial charge in [-0.25, -0.2) is 9.48 Å². The standard InChI is InChI=1S/C17H21N3O3/c1-4-20-13-6-5-10(9-12(13)18-19-20)16(21)23-15-11-7-8-22-14(11)17(15,2)3/h5-6,9,11,14-15H,4,7-8H2,1-3H3/t11-,14+,15+/m0/s1. The Balaban J connectivity index is 1.55. The van der Waals surface area contributed by atoms with Gasteiger partial charge < -0.3 is 9.47 Å². The van der Waals surface area contributed by atoms with Crippen molar-refractivity contribution in [1.29, 1.82) is 0 Å². The second-order valence-corrected chi connectivity index (χ2v) is 7.00. The number of rotatable bonds is 3. The Labute approximate surface area is 134 Å². The Morgan fingerprint density at radius 2 is 2.30 bits per heavy atom. The van der Waals surface area contributed by atoms with Gasteiger partial charge >= 0.3 is 5.97 Å². The van der Waals surface area contributed by atoms with Crippen LogP contribution in [-0.4, -0.2) is 39.8 Å². The van der Waals surface area contributed by atoms with Crippen molar-refractivity contribution in [2.75, 3.05) is 6.61 Å². The monoisotopic (exact) mass is 315 g/mol. The van der Waals surface area contributed by atoms with Crippen LogP contribution in [0.3, 0.4) is 0 Å². The summed E-state index contributed by atoms with van der Waals surface area (Å²) >= 11 is 0. The van der Waals surface area contributed by atoms with E-state index in [1.54, 1.807) is 16.8 Å². The summed E-state index contributed by atoms with van der Waals surface area (Å²) in [5, 5.41) is 8.18. The molecule has 0 bridgehead atoms. The molecule has 0 radical (unpaired) electrons. The van der Waals surface area contributed by atoms with Gasteiger partial charge in [0.2, 0.25) is 0 Å². The third kappa shape index (κ3) is 2.08. The third-order valence-electron chi connectivity index (χ3n) is 5.28. The maximum atomic E-state index is 12.5. The Morgan fingerprint density at radius 1 is 1.48 bits per heavy atom. The maximum absolute atomic E-state index is 12.5. The van der Waals surface area contributed by atoms with Crippen LogP contribution in [0.2, 0.25) is 0 Å². The summed E-state index contributed by atoms with van der Waals surface area (Å²) in [6, 6.07) is 5.42. The molecule has 122 valence electrons. The molecule has 2 fully saturated rings. The van der Waals surface area contributed by atoms with E-state index in [-0.39, 0.29) is 23.6 Å². The zero-order valence-corrected chi connectivity index (χ0v) is 13.7. The molecule has 1 saturated carbocycles. The Morgan fingerprint density at radius 3 is 3.09 bits per heavy atom. The predicted molar refractivity (Wildman–Crippen MR) is 84.0 cm³/mol. The van der Waals surface area contributed by atoms with Gasteiger partial charge in [-0.2, -0.15) is 0 Å². The number of aryl methyl sites for hydroxylation is 1. The van der Waals surface area contributed by atoms with Crippen molar-refractivity contribution in [1.82, 2.24) is 15.0 Å². The highest BCUT2D eigenvalue weighted by atomic mass is 16.6. The van der Waals surface area contributed by atoms with Crippen LogP contribution in [-0.2, 0) is 16.0 Å². The molecule has 3 atom stereocenters. The van der Waals surface area contributed by atoms with E-state index in [1.807, 2.05) is 13.0 Å². The summed E-state index contributed by atoms with van der Waals surface area (Å²) in [4.78, 5) is 12.5. The van der Waals surface area contributed by atoms with Gasteiger partial charge in [-0.15, -0.1) is 5.10 Å². The number of hydrogen-bond acceptors (Lipinski definition) is 5. The van der Waals surface area contributed by atoms with Crippen LogP contribution >= 0.6 is 0 Å². The molecule has 23 heavy (non-hydrogen) atoms. The zero-order chi connectivity index (χ0) is 16.2. The first kappa shape index (κ1) is 14.6. The average molecular weight is 315 g/mol. The van der Waals surface area contributed by atoms with E-state index in [4.69, 9.17) is 9.47 Å². The summed E-state index contributed by atoms with van der Waals surface area (Å²) < 4.78 is 13.4. The van der Waals surface area contributed by atoms with Gasteiger partial charge in [-0.1, -0.05) is 19.1 Å². The largest absolute Gasteiger partial charge is 0.458 e. The minimum absolute atomic E-state index is 0.0791. The molecule has 1 aliphatic heterocycles. The summed E-state index contributed by atoms with van der Waals surface area (Å²) in [6.07, 6.45) is 1.10. The van der Waals surface area contributed by atoms with Crippen LogP contribution in [0.4, 0.5) is 0 Å². The Kier molecular flexibility index (Phi) is 3.20. The SMILES string of the molecule is CCn1nnc2cc(C(=O)O[C@@H]3[C@H]4CCO[C@H]4C3(C)C)ccc21. The predicted octanol–water partition coefficient (Wildman–Crippen LogP) is 2.42. The number of ether oxygens (including phenoxy) is 2. The van der Waals surface area contributed by atoms with Crippen LogP contribution in [0.25, 0.3) is 11.0 Å². The minimum atomic E-state index is -0.290. The van der Waals surface area contributed by atoms with E-state index >= 15 is 0 Å². The summed E-state index contributed by atoms with van der Waals surface area (Å²) in [7, 11) is 0. The topological polar surface area (TPSA) is 66.2 Å². The van der Waals surface area contributed by atoms with Gasteiger partial charge in [0.05, 0.1) is 17.2 Å². The molecule has 1 aromatic heterocycles. The zero-order valence-electron chi connectivity index (χ0n) is 13.7. The normalized spacial score (nSPS) is 28.4. The lowest BCUT2D eigenvalue weighted by Gasteiger charge is -2.53. The first-order valence-electron chi connectivity index (χ1n) is 8.18. The van der Waals surface area contributed by atoms with Crippen LogP contribution < -0.4 is 0 Å². The van der Waals surface area contributed by atoms with Crippen LogP contribution in [0.15, 0.2) is 18.2 Å². The van der Waals surface area contributed by atoms with E-state index in [0.29, 0.717) is 11.5 Å². The van der Waals surface area contributed by atoms with Crippen LogP contribution in [0.5, 0.6) is 0 Å². The van der Waals surface area contributed by atoms with Gasteiger partial charge in [-0.05, 0) is 31.5 Å². The van der Waals surface area contributed by atoms with Gasteiger partial charge in [0.15, 0.2) is 0 Å². The molecule has 0 amide bonds. The number of nitrogens with zero attached hydrogens (tertiary/aromatic N) is 3. The van der Waals surface area contributed by atoms with Crippen molar-refractivity contribution in [3.8, 4) is 0 Å². The first-order valence-corrected chi connectivity index (χ1v) is 8.18. The van der Waals surface area contributed by atoms with E-state index in [9.17, 15) is 4.79 Å². The molecular formula is C17H21N3O3. The van der Waals surface area contributed by atoms with Gasteiger partial charge in [0.25, 0.3) is 0 Å². The molecule has 1 aliphatic carbocycles. The number of hydrogen-bond donors (Lipinski definition) is 0. The second kappa shape index (κ2) is 5.03. The minimum Gasteiger partial charge on any atom is -0.458 e. The molecule has 1 aromatic carbocycles. The summed E-state index contributed by atoms with van der Waals surface area (Å²) in [6.45, 7) is 7.73. The molecule has 6 nitrogen and oxygen atoms in total. The van der Waals surface area contributed by atoms with Gasteiger partial charge in [0, 0.05) is 24.5 Å². The van der Waals surface area contributed by atoms with Crippen LogP contribution in [0, 0.1) is 11.3 Å². The molecule has 0 N–H and O–H groups in total. The highest BCUT2D eigenvalue weighted by Crippen LogP contribution is 2.53. The van der Waals surface area contributed by atoms with Crippen molar-refractivity contribution < 1.29 is 14.3 Å². The van der Waals surface area contributed by atoms with E-state index < -0.39 is 0 Å². The van der Waals surface area contributed by atoms with Crippen molar-refractivity contribution in [3.63, 3.8) is 0 Å². The lowest BCUT2D eigenvalue weighted by Crippen LogP contribution is -2.61. The fourth-order valence-corrected chi connectivity index (χ4v) is 4.03. The number of carbonyl (C=O) groups excluding carboxylic acids is 1. The number of carbonyl (C=O) groups is 1. The Bertz CT molecular complexity index is 768. The van der Waals surface area contributed by atoms with Crippen molar-refractivity contribution in [2.45, 2.75) is 45.9 Å². The number of aromatic nitrogens is 3. The molecule has 1 saturated heterocycles. The number of benzene rings is 1. The molecule has 4 rings (SSSR count).